The molecule has 0 aliphatic carbocycles. The number of hydrogen-bond donors (Lipinski definition) is 0. The zero-order chi connectivity index (χ0) is 24.7. The molecule has 0 saturated carbocycles. The molecule has 3 aromatic carbocycles. The van der Waals surface area contributed by atoms with Gasteiger partial charge in [0.1, 0.15) is 11.6 Å². The van der Waals surface area contributed by atoms with E-state index in [-0.39, 0.29) is 28.1 Å². The highest BCUT2D eigenvalue weighted by Crippen LogP contribution is 2.50. The maximum Gasteiger partial charge on any atom is 0.307 e. The van der Waals surface area contributed by atoms with Crippen LogP contribution in [0.1, 0.15) is 34.3 Å². The third kappa shape index (κ3) is 4.22. The van der Waals surface area contributed by atoms with Gasteiger partial charge in [0, 0.05) is 30.3 Å². The average molecular weight is 520 g/mol. The molecule has 5 nitrogen and oxygen atoms in total. The predicted octanol–water partition coefficient (Wildman–Crippen LogP) is 6.20. The number of carbonyl (C=O) groups excluding carboxylic acids is 1. The fourth-order valence-corrected chi connectivity index (χ4v) is 5.15. The lowest BCUT2D eigenvalue weighted by Gasteiger charge is -2.29. The van der Waals surface area contributed by atoms with Crippen LogP contribution in [0.3, 0.4) is 0 Å². The molecular formula is C26H21Cl2F2NO4. The van der Waals surface area contributed by atoms with Crippen LogP contribution in [0.5, 0.6) is 11.5 Å². The molecule has 9 heteroatoms. The lowest BCUT2D eigenvalue weighted by atomic mass is 9.97. The van der Waals surface area contributed by atoms with E-state index in [0.29, 0.717) is 29.3 Å². The fourth-order valence-electron chi connectivity index (χ4n) is 4.62. The number of rotatable bonds is 5. The van der Waals surface area contributed by atoms with Crippen LogP contribution in [-0.4, -0.2) is 37.1 Å². The molecule has 5 rings (SSSR count). The molecule has 0 bridgehead atoms. The molecule has 2 atom stereocenters. The Balaban J connectivity index is 1.57. The third-order valence-electron chi connectivity index (χ3n) is 6.28. The van der Waals surface area contributed by atoms with Gasteiger partial charge in [-0.25, -0.2) is 8.78 Å². The first-order chi connectivity index (χ1) is 16.8. The van der Waals surface area contributed by atoms with Crippen molar-refractivity contribution < 1.29 is 27.8 Å². The molecule has 0 radical (unpaired) electrons. The number of carbonyl (C=O) groups is 1. The van der Waals surface area contributed by atoms with E-state index in [1.807, 2.05) is 0 Å². The Hall–Kier alpha value is -2.87. The van der Waals surface area contributed by atoms with Gasteiger partial charge >= 0.3 is 5.79 Å². The summed E-state index contributed by atoms with van der Waals surface area (Å²) in [5.41, 5.74) is 0.680. The summed E-state index contributed by atoms with van der Waals surface area (Å²) in [6, 6.07) is 12.6. The van der Waals surface area contributed by atoms with Gasteiger partial charge in [0.15, 0.2) is 11.5 Å². The second-order valence-corrected chi connectivity index (χ2v) is 9.32. The molecule has 1 saturated heterocycles. The highest BCUT2D eigenvalue weighted by Gasteiger charge is 2.48. The Morgan fingerprint density at radius 1 is 1.09 bits per heavy atom. The van der Waals surface area contributed by atoms with Crippen molar-refractivity contribution in [3.8, 4) is 11.5 Å². The van der Waals surface area contributed by atoms with Crippen molar-refractivity contribution in [2.45, 2.75) is 24.7 Å². The van der Waals surface area contributed by atoms with Crippen LogP contribution in [0.4, 0.5) is 8.78 Å². The number of hydrogen-bond acceptors (Lipinski definition) is 4. The first kappa shape index (κ1) is 23.9. The summed E-state index contributed by atoms with van der Waals surface area (Å²) in [6.07, 6.45) is 1.60. The molecule has 1 amide bonds. The van der Waals surface area contributed by atoms with E-state index < -0.39 is 23.3 Å². The number of ether oxygens (including phenoxy) is 3. The van der Waals surface area contributed by atoms with Crippen LogP contribution in [0.15, 0.2) is 54.6 Å². The Morgan fingerprint density at radius 3 is 2.49 bits per heavy atom. The highest BCUT2D eigenvalue weighted by atomic mass is 35.5. The van der Waals surface area contributed by atoms with Gasteiger partial charge in [0.2, 0.25) is 0 Å². The molecule has 2 aliphatic heterocycles. The van der Waals surface area contributed by atoms with E-state index in [0.717, 1.165) is 18.9 Å². The predicted molar refractivity (Wildman–Crippen MR) is 127 cm³/mol. The number of nitrogens with zero attached hydrogens (tertiary/aromatic N) is 1. The summed E-state index contributed by atoms with van der Waals surface area (Å²) in [7, 11) is 1.57. The van der Waals surface area contributed by atoms with Gasteiger partial charge in [-0.3, -0.25) is 4.79 Å². The molecule has 0 aromatic heterocycles. The van der Waals surface area contributed by atoms with Crippen molar-refractivity contribution in [2.75, 3.05) is 20.3 Å². The minimum Gasteiger partial charge on any atom is -0.440 e. The van der Waals surface area contributed by atoms with E-state index in [2.05, 4.69) is 0 Å². The first-order valence-corrected chi connectivity index (χ1v) is 11.8. The van der Waals surface area contributed by atoms with Gasteiger partial charge in [-0.15, -0.1) is 0 Å². The zero-order valence-corrected chi connectivity index (χ0v) is 20.2. The van der Waals surface area contributed by atoms with Gasteiger partial charge < -0.3 is 19.1 Å². The van der Waals surface area contributed by atoms with Crippen molar-refractivity contribution in [1.29, 1.82) is 0 Å². The number of halogens is 4. The molecule has 3 aromatic rings. The van der Waals surface area contributed by atoms with E-state index >= 15 is 4.39 Å². The molecule has 2 aliphatic rings. The van der Waals surface area contributed by atoms with E-state index in [1.54, 1.807) is 24.1 Å². The van der Waals surface area contributed by atoms with Gasteiger partial charge in [-0.1, -0.05) is 23.2 Å². The minimum atomic E-state index is -1.64. The summed E-state index contributed by atoms with van der Waals surface area (Å²) in [4.78, 5) is 14.9. The quantitative estimate of drug-likeness (QED) is 0.403. The molecule has 2 heterocycles. The van der Waals surface area contributed by atoms with E-state index in [1.165, 1.54) is 36.4 Å². The van der Waals surface area contributed by atoms with Gasteiger partial charge in [-0.05, 0) is 61.4 Å². The smallest absolute Gasteiger partial charge is 0.307 e. The summed E-state index contributed by atoms with van der Waals surface area (Å²) in [5, 5.41) is 0.643. The molecule has 0 spiro atoms. The molecule has 0 N–H and O–H groups in total. The lowest BCUT2D eigenvalue weighted by molar-refractivity contribution is -0.0459. The van der Waals surface area contributed by atoms with Crippen molar-refractivity contribution in [3.05, 3.63) is 93.0 Å². The van der Waals surface area contributed by atoms with E-state index in [9.17, 15) is 9.18 Å². The lowest BCUT2D eigenvalue weighted by Crippen LogP contribution is -2.38. The first-order valence-electron chi connectivity index (χ1n) is 11.1. The number of benzene rings is 3. The maximum absolute atomic E-state index is 15.2. The van der Waals surface area contributed by atoms with Crippen molar-refractivity contribution in [2.24, 2.45) is 0 Å². The van der Waals surface area contributed by atoms with Crippen LogP contribution >= 0.6 is 23.2 Å². The minimum absolute atomic E-state index is 0.0873. The van der Waals surface area contributed by atoms with Crippen LogP contribution in [0, 0.1) is 11.6 Å². The molecule has 35 heavy (non-hydrogen) atoms. The fraction of sp³-hybridized carbons (Fsp3) is 0.269. The summed E-state index contributed by atoms with van der Waals surface area (Å²) >= 11 is 12.6. The van der Waals surface area contributed by atoms with Crippen LogP contribution in [0.2, 0.25) is 10.0 Å². The molecule has 1 unspecified atom stereocenters. The second kappa shape index (κ2) is 9.30. The maximum atomic E-state index is 15.2. The van der Waals surface area contributed by atoms with Crippen LogP contribution in [-0.2, 0) is 10.5 Å². The highest BCUT2D eigenvalue weighted by molar-refractivity contribution is 6.35. The summed E-state index contributed by atoms with van der Waals surface area (Å²) in [6.45, 7) is 0.890. The second-order valence-electron chi connectivity index (χ2n) is 8.48. The number of methoxy groups -OCH3 is 1. The number of likely N-dealkylation sites (tertiary alicyclic amines) is 1. The summed E-state index contributed by atoms with van der Waals surface area (Å²) in [5.74, 6) is -3.03. The number of fused-ring (bicyclic) bond motifs is 1. The largest absolute Gasteiger partial charge is 0.440 e. The molecular weight excluding hydrogens is 499 g/mol. The van der Waals surface area contributed by atoms with Crippen molar-refractivity contribution in [1.82, 2.24) is 4.90 Å². The SMILES string of the molecule is COC[C@H]1CCCN1C(=O)c1cc2c(cc1F)OC(c1ccc(F)cc1)(c1ccc(Cl)cc1Cl)O2. The summed E-state index contributed by atoms with van der Waals surface area (Å²) < 4.78 is 46.6. The zero-order valence-electron chi connectivity index (χ0n) is 18.7. The monoisotopic (exact) mass is 519 g/mol. The van der Waals surface area contributed by atoms with Crippen molar-refractivity contribution >= 4 is 29.1 Å². The normalized spacial score (nSPS) is 20.9. The standard InChI is InChI=1S/C26H21Cl2F2NO4/c1-33-14-18-3-2-10-31(18)25(32)19-12-23-24(13-22(19)30)35-26(34-23,15-4-7-17(29)8-5-15)20-9-6-16(27)11-21(20)28/h4-9,11-13,18H,2-3,10,14H2,1H3/t18-,26?/m1/s1. The Kier molecular flexibility index (Phi) is 6.34. The van der Waals surface area contributed by atoms with Gasteiger partial charge in [0.25, 0.3) is 5.91 Å². The van der Waals surface area contributed by atoms with E-state index in [4.69, 9.17) is 37.4 Å². The Morgan fingerprint density at radius 2 is 1.80 bits per heavy atom. The van der Waals surface area contributed by atoms with Crippen LogP contribution in [0.25, 0.3) is 0 Å². The Labute approximate surface area is 211 Å². The average Bonchev–Trinajstić information content (AvgIpc) is 3.43. The third-order valence-corrected chi connectivity index (χ3v) is 6.83. The Bertz CT molecular complexity index is 1290. The van der Waals surface area contributed by atoms with Crippen LogP contribution < -0.4 is 9.47 Å². The van der Waals surface area contributed by atoms with Crippen molar-refractivity contribution in [3.63, 3.8) is 0 Å². The van der Waals surface area contributed by atoms with Gasteiger partial charge in [-0.2, -0.15) is 0 Å². The topological polar surface area (TPSA) is 48.0 Å². The molecule has 1 fully saturated rings. The molecule has 182 valence electrons. The number of amides is 1. The van der Waals surface area contributed by atoms with Gasteiger partial charge in [0.05, 0.1) is 28.8 Å².